The molecule has 0 heterocycles. The van der Waals surface area contributed by atoms with Crippen LogP contribution >= 0.6 is 0 Å². The maximum Gasteiger partial charge on any atom is 0.389 e. The number of benzene rings is 1. The van der Waals surface area contributed by atoms with E-state index in [0.717, 1.165) is 11.1 Å². The molecule has 0 aromatic heterocycles. The van der Waals surface area contributed by atoms with Gasteiger partial charge in [-0.3, -0.25) is 0 Å². The van der Waals surface area contributed by atoms with Crippen LogP contribution in [0, 0.1) is 6.92 Å². The summed E-state index contributed by atoms with van der Waals surface area (Å²) in [4.78, 5) is 0. The van der Waals surface area contributed by atoms with Crippen LogP contribution < -0.4 is 10.1 Å². The summed E-state index contributed by atoms with van der Waals surface area (Å²) in [5, 5.41) is 2.93. The number of methoxy groups -OCH3 is 1. The highest BCUT2D eigenvalue weighted by atomic mass is 19.4. The van der Waals surface area contributed by atoms with Crippen LogP contribution in [0.1, 0.15) is 30.0 Å². The smallest absolute Gasteiger partial charge is 0.389 e. The van der Waals surface area contributed by atoms with Crippen LogP contribution in [0.4, 0.5) is 13.2 Å². The molecule has 0 amide bonds. The van der Waals surface area contributed by atoms with Gasteiger partial charge in [0.2, 0.25) is 0 Å². The fraction of sp³-hybridized carbons (Fsp3) is 0.538. The van der Waals surface area contributed by atoms with E-state index in [-0.39, 0.29) is 12.5 Å². The maximum absolute atomic E-state index is 12.2. The molecule has 1 N–H and O–H groups in total. The van der Waals surface area contributed by atoms with Gasteiger partial charge in [0.1, 0.15) is 5.75 Å². The van der Waals surface area contributed by atoms with Gasteiger partial charge in [-0.15, -0.1) is 0 Å². The molecule has 0 aliphatic rings. The Morgan fingerprint density at radius 1 is 1.33 bits per heavy atom. The van der Waals surface area contributed by atoms with Crippen LogP contribution in [0.5, 0.6) is 5.75 Å². The zero-order valence-corrected chi connectivity index (χ0v) is 10.8. The first-order valence-corrected chi connectivity index (χ1v) is 5.76. The number of alkyl halides is 3. The summed E-state index contributed by atoms with van der Waals surface area (Å²) < 4.78 is 41.8. The Bertz CT molecular complexity index is 390. The lowest BCUT2D eigenvalue weighted by molar-refractivity contribution is -0.136. The minimum absolute atomic E-state index is 0.0349. The second-order valence-electron chi connectivity index (χ2n) is 4.22. The van der Waals surface area contributed by atoms with Crippen LogP contribution in [0.3, 0.4) is 0 Å². The predicted octanol–water partition coefficient (Wildman–Crippen LogP) is 3.61. The van der Waals surface area contributed by atoms with Gasteiger partial charge in [-0.05, 0) is 43.7 Å². The first-order chi connectivity index (χ1) is 8.37. The number of rotatable bonds is 5. The molecule has 0 radical (unpaired) electrons. The fourth-order valence-electron chi connectivity index (χ4n) is 1.93. The largest absolute Gasteiger partial charge is 0.497 e. The van der Waals surface area contributed by atoms with Crippen molar-refractivity contribution < 1.29 is 17.9 Å². The molecule has 2 nitrogen and oxygen atoms in total. The van der Waals surface area contributed by atoms with Gasteiger partial charge in [-0.2, -0.15) is 13.2 Å². The highest BCUT2D eigenvalue weighted by molar-refractivity contribution is 5.36. The number of hydrogen-bond acceptors (Lipinski definition) is 2. The Labute approximate surface area is 105 Å². The quantitative estimate of drug-likeness (QED) is 0.874. The second kappa shape index (κ2) is 6.09. The van der Waals surface area contributed by atoms with Crippen molar-refractivity contribution in [2.45, 2.75) is 32.0 Å². The molecule has 1 aromatic carbocycles. The lowest BCUT2D eigenvalue weighted by atomic mass is 9.97. The average molecular weight is 261 g/mol. The predicted molar refractivity (Wildman–Crippen MR) is 64.8 cm³/mol. The Morgan fingerprint density at radius 2 is 2.00 bits per heavy atom. The molecule has 1 atom stereocenters. The van der Waals surface area contributed by atoms with Gasteiger partial charge in [0.05, 0.1) is 7.11 Å². The number of hydrogen-bond donors (Lipinski definition) is 1. The van der Waals surface area contributed by atoms with E-state index in [1.807, 2.05) is 19.1 Å². The van der Waals surface area contributed by atoms with E-state index in [1.165, 1.54) is 0 Å². The topological polar surface area (TPSA) is 21.3 Å². The number of nitrogens with one attached hydrogen (secondary N) is 1. The Morgan fingerprint density at radius 3 is 2.44 bits per heavy atom. The summed E-state index contributed by atoms with van der Waals surface area (Å²) in [5.74, 6) is 0.710. The summed E-state index contributed by atoms with van der Waals surface area (Å²) in [7, 11) is 3.23. The van der Waals surface area contributed by atoms with E-state index in [1.54, 1.807) is 20.2 Å². The lowest BCUT2D eigenvalue weighted by Gasteiger charge is -2.20. The van der Waals surface area contributed by atoms with Crippen molar-refractivity contribution >= 4 is 0 Å². The lowest BCUT2D eigenvalue weighted by Crippen LogP contribution is -2.20. The average Bonchev–Trinajstić information content (AvgIpc) is 2.30. The van der Waals surface area contributed by atoms with Crippen LogP contribution in [0.15, 0.2) is 18.2 Å². The minimum atomic E-state index is -4.12. The standard InChI is InChI=1S/C13H18F3NO/c1-9-8-10(18-3)4-5-11(9)12(17-2)6-7-13(14,15)16/h4-5,8,12,17H,6-7H2,1-3H3. The minimum Gasteiger partial charge on any atom is -0.497 e. The molecule has 0 fully saturated rings. The first-order valence-electron chi connectivity index (χ1n) is 5.76. The number of aryl methyl sites for hydroxylation is 1. The molecule has 5 heteroatoms. The summed E-state index contributed by atoms with van der Waals surface area (Å²) in [6, 6.07) is 5.11. The molecule has 0 saturated heterocycles. The van der Waals surface area contributed by atoms with Gasteiger partial charge in [0, 0.05) is 12.5 Å². The molecular formula is C13H18F3NO. The van der Waals surface area contributed by atoms with Crippen molar-refractivity contribution in [3.05, 3.63) is 29.3 Å². The maximum atomic E-state index is 12.2. The van der Waals surface area contributed by atoms with Crippen molar-refractivity contribution in [1.82, 2.24) is 5.32 Å². The van der Waals surface area contributed by atoms with Crippen LogP contribution in [0.2, 0.25) is 0 Å². The van der Waals surface area contributed by atoms with Crippen LogP contribution in [0.25, 0.3) is 0 Å². The van der Waals surface area contributed by atoms with Crippen molar-refractivity contribution in [2.75, 3.05) is 14.2 Å². The molecule has 102 valence electrons. The highest BCUT2D eigenvalue weighted by Gasteiger charge is 2.28. The zero-order valence-electron chi connectivity index (χ0n) is 10.8. The van der Waals surface area contributed by atoms with E-state index in [9.17, 15) is 13.2 Å². The first kappa shape index (κ1) is 14.8. The number of ether oxygens (including phenoxy) is 1. The molecule has 0 spiro atoms. The van der Waals surface area contributed by atoms with Crippen molar-refractivity contribution in [3.63, 3.8) is 0 Å². The van der Waals surface area contributed by atoms with Crippen molar-refractivity contribution in [2.24, 2.45) is 0 Å². The van der Waals surface area contributed by atoms with E-state index in [2.05, 4.69) is 5.32 Å². The molecule has 18 heavy (non-hydrogen) atoms. The molecule has 1 aromatic rings. The molecule has 0 aliphatic heterocycles. The van der Waals surface area contributed by atoms with E-state index in [0.29, 0.717) is 5.75 Å². The summed E-state index contributed by atoms with van der Waals surface area (Å²) in [6.07, 6.45) is -4.87. The summed E-state index contributed by atoms with van der Waals surface area (Å²) in [6.45, 7) is 1.87. The van der Waals surface area contributed by atoms with Crippen LogP contribution in [-0.4, -0.2) is 20.3 Å². The monoisotopic (exact) mass is 261 g/mol. The van der Waals surface area contributed by atoms with Gasteiger partial charge in [-0.1, -0.05) is 6.07 Å². The number of halogens is 3. The molecule has 1 unspecified atom stereocenters. The SMILES string of the molecule is CNC(CCC(F)(F)F)c1ccc(OC)cc1C. The highest BCUT2D eigenvalue weighted by Crippen LogP contribution is 2.30. The van der Waals surface area contributed by atoms with Gasteiger partial charge >= 0.3 is 6.18 Å². The fourth-order valence-corrected chi connectivity index (χ4v) is 1.93. The normalized spacial score (nSPS) is 13.4. The second-order valence-corrected chi connectivity index (χ2v) is 4.22. The third-order valence-electron chi connectivity index (χ3n) is 2.92. The van der Waals surface area contributed by atoms with Gasteiger partial charge in [-0.25, -0.2) is 0 Å². The van der Waals surface area contributed by atoms with Crippen molar-refractivity contribution in [3.8, 4) is 5.75 Å². The molecular weight excluding hydrogens is 243 g/mol. The van der Waals surface area contributed by atoms with Gasteiger partial charge in [0.25, 0.3) is 0 Å². The Hall–Kier alpha value is -1.23. The third kappa shape index (κ3) is 4.22. The zero-order chi connectivity index (χ0) is 13.8. The van der Waals surface area contributed by atoms with E-state index < -0.39 is 12.6 Å². The summed E-state index contributed by atoms with van der Waals surface area (Å²) in [5.41, 5.74) is 1.80. The summed E-state index contributed by atoms with van der Waals surface area (Å²) >= 11 is 0. The van der Waals surface area contributed by atoms with E-state index >= 15 is 0 Å². The third-order valence-corrected chi connectivity index (χ3v) is 2.92. The molecule has 1 rings (SSSR count). The van der Waals surface area contributed by atoms with Crippen molar-refractivity contribution in [1.29, 1.82) is 0 Å². The van der Waals surface area contributed by atoms with Gasteiger partial charge < -0.3 is 10.1 Å². The molecule has 0 saturated carbocycles. The van der Waals surface area contributed by atoms with E-state index in [4.69, 9.17) is 4.74 Å². The Balaban J connectivity index is 2.82. The molecule has 0 aliphatic carbocycles. The Kier molecular flexibility index (Phi) is 5.02. The van der Waals surface area contributed by atoms with Gasteiger partial charge in [0.15, 0.2) is 0 Å². The van der Waals surface area contributed by atoms with Crippen LogP contribution in [-0.2, 0) is 0 Å². The molecule has 0 bridgehead atoms.